The van der Waals surface area contributed by atoms with Gasteiger partial charge in [0, 0.05) is 72.2 Å². The van der Waals surface area contributed by atoms with Gasteiger partial charge in [-0.25, -0.2) is 14.8 Å². The number of para-hydroxylation sites is 1. The van der Waals surface area contributed by atoms with Gasteiger partial charge in [0.05, 0.1) is 24.2 Å². The highest BCUT2D eigenvalue weighted by molar-refractivity contribution is 6.01. The second-order valence-electron chi connectivity index (χ2n) is 11.6. The summed E-state index contributed by atoms with van der Waals surface area (Å²) in [6, 6.07) is 30.4. The molecule has 6 aromatic rings. The lowest BCUT2D eigenvalue weighted by atomic mass is 10.0. The van der Waals surface area contributed by atoms with Crippen molar-refractivity contribution in [2.45, 2.75) is 0 Å². The van der Waals surface area contributed by atoms with Crippen LogP contribution in [-0.4, -0.2) is 72.2 Å². The van der Waals surface area contributed by atoms with Crippen molar-refractivity contribution >= 4 is 50.9 Å². The standard InChI is InChI=1S/C37H33N7O3/c1-43(2)36(45)25-9-14-30(15-10-25)40-37(46)39-29-12-7-24(8-13-29)34-41-33-22-26(28-21-27-5-3-4-6-32(27)38-23-28)11-16-31(33)35(42-34)44-17-19-47-20-18-44/h3-16,21-23H,17-20H2,1-2H3,(H2,39,40,46). The van der Waals surface area contributed by atoms with Crippen molar-refractivity contribution in [3.05, 3.63) is 109 Å². The zero-order valence-corrected chi connectivity index (χ0v) is 26.1. The molecule has 10 nitrogen and oxygen atoms in total. The second-order valence-corrected chi connectivity index (χ2v) is 11.6. The van der Waals surface area contributed by atoms with Crippen molar-refractivity contribution < 1.29 is 14.3 Å². The number of fused-ring (bicyclic) bond motifs is 2. The van der Waals surface area contributed by atoms with Crippen molar-refractivity contribution in [2.75, 3.05) is 55.9 Å². The van der Waals surface area contributed by atoms with Crippen LogP contribution in [0.15, 0.2) is 103 Å². The summed E-state index contributed by atoms with van der Waals surface area (Å²) in [6.45, 7) is 2.77. The Morgan fingerprint density at radius 3 is 2.15 bits per heavy atom. The van der Waals surface area contributed by atoms with Crippen LogP contribution in [0, 0.1) is 0 Å². The molecular formula is C37H33N7O3. The number of anilines is 3. The molecule has 0 atom stereocenters. The molecule has 3 amide bonds. The van der Waals surface area contributed by atoms with Crippen molar-refractivity contribution in [3.8, 4) is 22.5 Å². The van der Waals surface area contributed by atoms with E-state index in [1.165, 1.54) is 4.90 Å². The van der Waals surface area contributed by atoms with E-state index in [0.717, 1.165) is 57.4 Å². The molecule has 0 saturated carbocycles. The van der Waals surface area contributed by atoms with Crippen LogP contribution >= 0.6 is 0 Å². The highest BCUT2D eigenvalue weighted by atomic mass is 16.5. The van der Waals surface area contributed by atoms with E-state index in [1.54, 1.807) is 38.4 Å². The van der Waals surface area contributed by atoms with Crippen LogP contribution in [0.4, 0.5) is 22.0 Å². The average molecular weight is 624 g/mol. The van der Waals surface area contributed by atoms with E-state index in [0.29, 0.717) is 36.0 Å². The molecule has 7 rings (SSSR count). The first kappa shape index (κ1) is 29.8. The fourth-order valence-electron chi connectivity index (χ4n) is 5.62. The maximum atomic E-state index is 12.7. The summed E-state index contributed by atoms with van der Waals surface area (Å²) < 4.78 is 5.62. The molecule has 0 aliphatic carbocycles. The number of nitrogens with one attached hydrogen (secondary N) is 2. The molecule has 0 unspecified atom stereocenters. The molecule has 1 aliphatic rings. The van der Waals surface area contributed by atoms with Gasteiger partial charge in [-0.2, -0.15) is 0 Å². The van der Waals surface area contributed by atoms with E-state index >= 15 is 0 Å². The molecule has 1 saturated heterocycles. The summed E-state index contributed by atoms with van der Waals surface area (Å²) in [5.74, 6) is 1.36. The number of aromatic nitrogens is 3. The predicted octanol–water partition coefficient (Wildman–Crippen LogP) is 6.69. The second kappa shape index (κ2) is 12.9. The van der Waals surface area contributed by atoms with Gasteiger partial charge in [0.25, 0.3) is 5.91 Å². The number of ether oxygens (including phenoxy) is 1. The van der Waals surface area contributed by atoms with E-state index in [9.17, 15) is 9.59 Å². The van der Waals surface area contributed by atoms with Gasteiger partial charge in [-0.15, -0.1) is 0 Å². The topological polar surface area (TPSA) is 113 Å². The van der Waals surface area contributed by atoms with Crippen molar-refractivity contribution in [1.82, 2.24) is 19.9 Å². The van der Waals surface area contributed by atoms with Gasteiger partial charge >= 0.3 is 6.03 Å². The molecule has 234 valence electrons. The van der Waals surface area contributed by atoms with Crippen LogP contribution in [0.2, 0.25) is 0 Å². The molecule has 1 aliphatic heterocycles. The molecule has 4 aromatic carbocycles. The summed E-state index contributed by atoms with van der Waals surface area (Å²) in [5.41, 5.74) is 6.40. The Morgan fingerprint density at radius 1 is 0.745 bits per heavy atom. The number of rotatable bonds is 6. The van der Waals surface area contributed by atoms with E-state index in [2.05, 4.69) is 50.8 Å². The minimum Gasteiger partial charge on any atom is -0.378 e. The number of hydrogen-bond acceptors (Lipinski definition) is 7. The number of urea groups is 1. The van der Waals surface area contributed by atoms with Gasteiger partial charge in [-0.1, -0.05) is 24.3 Å². The summed E-state index contributed by atoms with van der Waals surface area (Å²) in [6.07, 6.45) is 1.90. The largest absolute Gasteiger partial charge is 0.378 e. The molecule has 2 N–H and O–H groups in total. The highest BCUT2D eigenvalue weighted by Crippen LogP contribution is 2.32. The fraction of sp³-hybridized carbons (Fsp3) is 0.162. The van der Waals surface area contributed by atoms with Gasteiger partial charge in [0.2, 0.25) is 0 Å². The summed E-state index contributed by atoms with van der Waals surface area (Å²) in [7, 11) is 3.40. The maximum absolute atomic E-state index is 12.7. The lowest BCUT2D eigenvalue weighted by molar-refractivity contribution is 0.0827. The van der Waals surface area contributed by atoms with E-state index < -0.39 is 6.03 Å². The van der Waals surface area contributed by atoms with Crippen molar-refractivity contribution in [1.29, 1.82) is 0 Å². The van der Waals surface area contributed by atoms with Gasteiger partial charge < -0.3 is 25.2 Å². The van der Waals surface area contributed by atoms with Gasteiger partial charge in [-0.05, 0) is 78.4 Å². The zero-order valence-electron chi connectivity index (χ0n) is 26.1. The molecule has 0 bridgehead atoms. The third-order valence-corrected chi connectivity index (χ3v) is 8.11. The Bertz CT molecular complexity index is 2090. The minimum absolute atomic E-state index is 0.101. The quantitative estimate of drug-likeness (QED) is 0.212. The molecule has 10 heteroatoms. The molecule has 3 heterocycles. The summed E-state index contributed by atoms with van der Waals surface area (Å²) in [4.78, 5) is 43.3. The van der Waals surface area contributed by atoms with Crippen LogP contribution in [0.5, 0.6) is 0 Å². The Morgan fingerprint density at radius 2 is 1.43 bits per heavy atom. The van der Waals surface area contributed by atoms with Gasteiger partial charge in [-0.3, -0.25) is 9.78 Å². The Labute approximate surface area is 272 Å². The van der Waals surface area contributed by atoms with Crippen LogP contribution in [0.1, 0.15) is 10.4 Å². The third-order valence-electron chi connectivity index (χ3n) is 8.11. The number of nitrogens with zero attached hydrogens (tertiary/aromatic N) is 5. The first-order chi connectivity index (χ1) is 22.9. The van der Waals surface area contributed by atoms with E-state index in [-0.39, 0.29) is 5.91 Å². The summed E-state index contributed by atoms with van der Waals surface area (Å²) in [5, 5.41) is 7.72. The van der Waals surface area contributed by atoms with Crippen LogP contribution in [0.3, 0.4) is 0 Å². The Balaban J connectivity index is 1.15. The molecule has 0 spiro atoms. The van der Waals surface area contributed by atoms with Crippen LogP contribution in [0.25, 0.3) is 44.3 Å². The number of amides is 3. The fourth-order valence-corrected chi connectivity index (χ4v) is 5.62. The number of hydrogen-bond donors (Lipinski definition) is 2. The number of carbonyl (C=O) groups excluding carboxylic acids is 2. The summed E-state index contributed by atoms with van der Waals surface area (Å²) >= 11 is 0. The smallest absolute Gasteiger partial charge is 0.323 e. The van der Waals surface area contributed by atoms with Crippen molar-refractivity contribution in [2.24, 2.45) is 0 Å². The maximum Gasteiger partial charge on any atom is 0.323 e. The zero-order chi connectivity index (χ0) is 32.3. The lowest BCUT2D eigenvalue weighted by Gasteiger charge is -2.29. The molecule has 0 radical (unpaired) electrons. The van der Waals surface area contributed by atoms with Crippen molar-refractivity contribution in [3.63, 3.8) is 0 Å². The predicted molar refractivity (Wildman–Crippen MR) is 186 cm³/mol. The van der Waals surface area contributed by atoms with E-state index in [4.69, 9.17) is 14.7 Å². The minimum atomic E-state index is -0.392. The Hall–Kier alpha value is -5.87. The molecule has 2 aromatic heterocycles. The SMILES string of the molecule is CN(C)C(=O)c1ccc(NC(=O)Nc2ccc(-c3nc(N4CCOCC4)c4ccc(-c5cnc6ccccc6c5)cc4n3)cc2)cc1. The molecule has 47 heavy (non-hydrogen) atoms. The van der Waals surface area contributed by atoms with Crippen LogP contribution in [-0.2, 0) is 4.74 Å². The molecule has 1 fully saturated rings. The first-order valence-corrected chi connectivity index (χ1v) is 15.4. The number of pyridine rings is 1. The van der Waals surface area contributed by atoms with Gasteiger partial charge in [0.1, 0.15) is 5.82 Å². The number of carbonyl (C=O) groups is 2. The number of benzene rings is 4. The van der Waals surface area contributed by atoms with Crippen LogP contribution < -0.4 is 15.5 Å². The Kier molecular flexibility index (Phi) is 8.16. The first-order valence-electron chi connectivity index (χ1n) is 15.4. The normalized spacial score (nSPS) is 13.0. The van der Waals surface area contributed by atoms with Gasteiger partial charge in [0.15, 0.2) is 5.82 Å². The molecular weight excluding hydrogens is 590 g/mol. The third kappa shape index (κ3) is 6.45. The monoisotopic (exact) mass is 623 g/mol. The van der Waals surface area contributed by atoms with E-state index in [1.807, 2.05) is 48.7 Å². The lowest BCUT2D eigenvalue weighted by Crippen LogP contribution is -2.37. The highest BCUT2D eigenvalue weighted by Gasteiger charge is 2.19. The number of morpholine rings is 1. The average Bonchev–Trinajstić information content (AvgIpc) is 3.11.